The van der Waals surface area contributed by atoms with Gasteiger partial charge < -0.3 is 14.2 Å². The monoisotopic (exact) mass is 614 g/mol. The summed E-state index contributed by atoms with van der Waals surface area (Å²) in [5.41, 5.74) is 2.83. The molecule has 0 aliphatic carbocycles. The fourth-order valence-electron chi connectivity index (χ4n) is 3.44. The lowest BCUT2D eigenvalue weighted by Gasteiger charge is -2.15. The van der Waals surface area contributed by atoms with Gasteiger partial charge in [0.2, 0.25) is 0 Å². The smallest absolute Gasteiger partial charge is 0.270 e. The Hall–Kier alpha value is -3.07. The minimum absolute atomic E-state index is 0.187. The van der Waals surface area contributed by atoms with Gasteiger partial charge in [-0.2, -0.15) is 5.26 Å². The van der Waals surface area contributed by atoms with Crippen molar-refractivity contribution in [3.8, 4) is 23.3 Å². The molecule has 0 saturated carbocycles. The molecule has 3 aromatic carbocycles. The molecule has 0 unspecified atom stereocenters. The average Bonchev–Trinajstić information content (AvgIpc) is 3.15. The van der Waals surface area contributed by atoms with Gasteiger partial charge in [0.05, 0.1) is 40.0 Å². The molecule has 35 heavy (non-hydrogen) atoms. The summed E-state index contributed by atoms with van der Waals surface area (Å²) in [4.78, 5) is 15.2. The minimum Gasteiger partial charge on any atom is -0.497 e. The predicted octanol–water partition coefficient (Wildman–Crippen LogP) is 6.16. The van der Waals surface area contributed by atoms with Gasteiger partial charge in [-0.25, -0.2) is 0 Å². The number of halogens is 1. The Morgan fingerprint density at radius 3 is 2.54 bits per heavy atom. The highest BCUT2D eigenvalue weighted by Gasteiger charge is 2.33. The number of ether oxygens (including phenoxy) is 3. The Labute approximate surface area is 226 Å². The molecule has 1 fully saturated rings. The topological polar surface area (TPSA) is 71.8 Å². The molecule has 0 spiro atoms. The van der Waals surface area contributed by atoms with E-state index in [-0.39, 0.29) is 12.5 Å². The molecule has 9 heteroatoms. The molecule has 1 heterocycles. The average molecular weight is 614 g/mol. The van der Waals surface area contributed by atoms with E-state index >= 15 is 0 Å². The number of rotatable bonds is 7. The summed E-state index contributed by atoms with van der Waals surface area (Å²) >= 11 is 8.90. The third kappa shape index (κ3) is 5.45. The van der Waals surface area contributed by atoms with E-state index in [9.17, 15) is 10.1 Å². The molecule has 1 amide bonds. The van der Waals surface area contributed by atoms with Crippen molar-refractivity contribution in [1.29, 1.82) is 5.26 Å². The lowest BCUT2D eigenvalue weighted by atomic mass is 10.1. The number of anilines is 1. The van der Waals surface area contributed by atoms with Gasteiger partial charge in [0.1, 0.15) is 12.4 Å². The Kier molecular flexibility index (Phi) is 7.95. The standard InChI is InChI=1S/C26H19IN2O4S2/c1-31-20-9-7-19(8-10-20)29-25(30)23(35-26(29)34)13-16-11-21(27)24(22(12-16)32-2)33-15-18-6-4-3-5-17(18)14-28/h3-13H,15H2,1-2H3/b23-13+. The van der Waals surface area contributed by atoms with Crippen LogP contribution in [0.4, 0.5) is 5.69 Å². The summed E-state index contributed by atoms with van der Waals surface area (Å²) in [5, 5.41) is 9.31. The van der Waals surface area contributed by atoms with Crippen LogP contribution >= 0.6 is 46.6 Å². The molecule has 1 aliphatic heterocycles. The maximum atomic E-state index is 13.1. The maximum absolute atomic E-state index is 13.1. The number of carbonyl (C=O) groups is 1. The first-order chi connectivity index (χ1) is 16.9. The number of nitriles is 1. The number of hydrogen-bond donors (Lipinski definition) is 0. The minimum atomic E-state index is -0.187. The van der Waals surface area contributed by atoms with Crippen molar-refractivity contribution in [3.63, 3.8) is 0 Å². The molecule has 0 aromatic heterocycles. The van der Waals surface area contributed by atoms with Gasteiger partial charge in [0.15, 0.2) is 15.8 Å². The zero-order valence-corrected chi connectivity index (χ0v) is 22.6. The number of methoxy groups -OCH3 is 2. The first-order valence-corrected chi connectivity index (χ1v) is 12.7. The van der Waals surface area contributed by atoms with Gasteiger partial charge in [-0.1, -0.05) is 42.2 Å². The normalized spacial score (nSPS) is 14.2. The van der Waals surface area contributed by atoms with Crippen molar-refractivity contribution >= 4 is 68.6 Å². The van der Waals surface area contributed by atoms with Gasteiger partial charge in [0.25, 0.3) is 5.91 Å². The Bertz CT molecular complexity index is 1370. The van der Waals surface area contributed by atoms with Crippen LogP contribution in [0.15, 0.2) is 65.6 Å². The Morgan fingerprint density at radius 2 is 1.86 bits per heavy atom. The number of thioether (sulfide) groups is 1. The van der Waals surface area contributed by atoms with Crippen molar-refractivity contribution in [2.45, 2.75) is 6.61 Å². The van der Waals surface area contributed by atoms with Crippen LogP contribution in [0.1, 0.15) is 16.7 Å². The van der Waals surface area contributed by atoms with Crippen LogP contribution in [0.3, 0.4) is 0 Å². The number of benzene rings is 3. The van der Waals surface area contributed by atoms with Gasteiger partial charge in [0, 0.05) is 5.56 Å². The number of carbonyl (C=O) groups excluding carboxylic acids is 1. The second-order valence-electron chi connectivity index (χ2n) is 7.31. The lowest BCUT2D eigenvalue weighted by Crippen LogP contribution is -2.27. The van der Waals surface area contributed by atoms with Crippen LogP contribution in [-0.4, -0.2) is 24.4 Å². The number of hydrogen-bond acceptors (Lipinski definition) is 7. The Morgan fingerprint density at radius 1 is 1.11 bits per heavy atom. The lowest BCUT2D eigenvalue weighted by molar-refractivity contribution is -0.113. The van der Waals surface area contributed by atoms with Crippen LogP contribution in [0.5, 0.6) is 17.2 Å². The van der Waals surface area contributed by atoms with Gasteiger partial charge >= 0.3 is 0 Å². The first kappa shape index (κ1) is 25.0. The summed E-state index contributed by atoms with van der Waals surface area (Å²) in [5.74, 6) is 1.62. The number of nitrogens with zero attached hydrogens (tertiary/aromatic N) is 2. The SMILES string of the molecule is COc1ccc(N2C(=O)/C(=C\c3cc(I)c(OCc4ccccc4C#N)c(OC)c3)SC2=S)cc1. The molecule has 3 aromatic rings. The van der Waals surface area contributed by atoms with Crippen LogP contribution in [-0.2, 0) is 11.4 Å². The molecule has 4 rings (SSSR count). The van der Waals surface area contributed by atoms with Crippen molar-refractivity contribution in [1.82, 2.24) is 0 Å². The zero-order valence-electron chi connectivity index (χ0n) is 18.8. The van der Waals surface area contributed by atoms with Crippen LogP contribution < -0.4 is 19.1 Å². The molecule has 176 valence electrons. The van der Waals surface area contributed by atoms with Crippen LogP contribution in [0.2, 0.25) is 0 Å². The number of amides is 1. The van der Waals surface area contributed by atoms with Crippen LogP contribution in [0.25, 0.3) is 6.08 Å². The van der Waals surface area contributed by atoms with E-state index in [1.807, 2.05) is 30.3 Å². The van der Waals surface area contributed by atoms with Gasteiger partial charge in [-0.05, 0) is 76.7 Å². The third-order valence-electron chi connectivity index (χ3n) is 5.18. The van der Waals surface area contributed by atoms with E-state index in [1.54, 1.807) is 50.6 Å². The maximum Gasteiger partial charge on any atom is 0.270 e. The highest BCUT2D eigenvalue weighted by atomic mass is 127. The molecule has 0 radical (unpaired) electrons. The molecule has 0 atom stereocenters. The zero-order chi connectivity index (χ0) is 24.9. The highest BCUT2D eigenvalue weighted by Crippen LogP contribution is 2.39. The fraction of sp³-hybridized carbons (Fsp3) is 0.115. The van der Waals surface area contributed by atoms with E-state index in [0.29, 0.717) is 37.7 Å². The highest BCUT2D eigenvalue weighted by molar-refractivity contribution is 14.1. The van der Waals surface area contributed by atoms with Crippen molar-refractivity contribution < 1.29 is 19.0 Å². The van der Waals surface area contributed by atoms with Gasteiger partial charge in [-0.15, -0.1) is 0 Å². The summed E-state index contributed by atoms with van der Waals surface area (Å²) in [6.07, 6.45) is 1.79. The summed E-state index contributed by atoms with van der Waals surface area (Å²) in [6, 6.07) is 20.4. The van der Waals surface area contributed by atoms with Crippen molar-refractivity contribution in [2.24, 2.45) is 0 Å². The van der Waals surface area contributed by atoms with E-state index in [2.05, 4.69) is 28.7 Å². The van der Waals surface area contributed by atoms with E-state index < -0.39 is 0 Å². The molecular weight excluding hydrogens is 595 g/mol. The number of thiocarbonyl (C=S) groups is 1. The van der Waals surface area contributed by atoms with E-state index in [0.717, 1.165) is 14.7 Å². The van der Waals surface area contributed by atoms with E-state index in [1.165, 1.54) is 16.7 Å². The van der Waals surface area contributed by atoms with Crippen molar-refractivity contribution in [3.05, 3.63) is 85.8 Å². The molecule has 1 saturated heterocycles. The van der Waals surface area contributed by atoms with E-state index in [4.69, 9.17) is 26.4 Å². The molecule has 0 bridgehead atoms. The fourth-order valence-corrected chi connectivity index (χ4v) is 5.52. The predicted molar refractivity (Wildman–Crippen MR) is 150 cm³/mol. The summed E-state index contributed by atoms with van der Waals surface area (Å²) in [7, 11) is 3.16. The first-order valence-electron chi connectivity index (χ1n) is 10.4. The molecule has 1 aliphatic rings. The molecule has 0 N–H and O–H groups in total. The van der Waals surface area contributed by atoms with Gasteiger partial charge in [-0.3, -0.25) is 9.69 Å². The second kappa shape index (κ2) is 11.1. The summed E-state index contributed by atoms with van der Waals surface area (Å²) < 4.78 is 18.1. The summed E-state index contributed by atoms with van der Waals surface area (Å²) in [6.45, 7) is 0.232. The van der Waals surface area contributed by atoms with Crippen LogP contribution in [0, 0.1) is 14.9 Å². The Balaban J connectivity index is 1.58. The third-order valence-corrected chi connectivity index (χ3v) is 7.29. The quantitative estimate of drug-likeness (QED) is 0.179. The second-order valence-corrected chi connectivity index (χ2v) is 10.1. The largest absolute Gasteiger partial charge is 0.497 e. The van der Waals surface area contributed by atoms with Crippen molar-refractivity contribution in [2.75, 3.05) is 19.1 Å². The molecular formula is C26H19IN2O4S2. The molecule has 6 nitrogen and oxygen atoms in total.